The van der Waals surface area contributed by atoms with Crippen molar-refractivity contribution in [3.8, 4) is 16.9 Å². The first-order valence-electron chi connectivity index (χ1n) is 8.43. The molecule has 3 unspecified atom stereocenters. The number of amides is 1. The van der Waals surface area contributed by atoms with E-state index in [9.17, 15) is 4.79 Å². The van der Waals surface area contributed by atoms with Crippen LogP contribution in [0.5, 0.6) is 5.75 Å². The molecular formula is C18H22N4O2. The highest BCUT2D eigenvalue weighted by Gasteiger charge is 2.33. The number of hydrogen-bond donors (Lipinski definition) is 1. The van der Waals surface area contributed by atoms with Crippen LogP contribution in [0.2, 0.25) is 0 Å². The number of piperidine rings is 1. The highest BCUT2D eigenvalue weighted by atomic mass is 16.5. The number of rotatable bonds is 3. The molecule has 1 aromatic heterocycles. The third kappa shape index (κ3) is 3.01. The third-order valence-corrected chi connectivity index (χ3v) is 5.01. The largest absolute Gasteiger partial charge is 0.497 e. The fraction of sp³-hybridized carbons (Fsp3) is 0.444. The molecule has 1 aromatic carbocycles. The maximum absolute atomic E-state index is 12.4. The zero-order valence-electron chi connectivity index (χ0n) is 13.8. The van der Waals surface area contributed by atoms with E-state index < -0.39 is 0 Å². The van der Waals surface area contributed by atoms with Crippen LogP contribution in [0.25, 0.3) is 11.1 Å². The minimum atomic E-state index is -0.151. The van der Waals surface area contributed by atoms with E-state index in [0.29, 0.717) is 0 Å². The second-order valence-corrected chi connectivity index (χ2v) is 6.70. The number of benzene rings is 1. The van der Waals surface area contributed by atoms with E-state index in [2.05, 4.69) is 15.3 Å². The lowest BCUT2D eigenvalue weighted by Crippen LogP contribution is -2.48. The summed E-state index contributed by atoms with van der Waals surface area (Å²) in [5.41, 5.74) is 1.93. The first kappa shape index (κ1) is 15.2. The van der Waals surface area contributed by atoms with E-state index >= 15 is 0 Å². The summed E-state index contributed by atoms with van der Waals surface area (Å²) in [5.74, 6) is 1.54. The standard InChI is InChI=1S/C18H22N4O2/c1-24-17-4-2-14(3-5-17)15-9-19-22(11-15)18(23)20-16-8-13-6-7-21(10-13)12-16/h2-5,9,11,13,16H,6-8,10,12H2,1H3,(H,20,23). The van der Waals surface area contributed by atoms with Gasteiger partial charge in [0.15, 0.2) is 0 Å². The van der Waals surface area contributed by atoms with Crippen molar-refractivity contribution in [2.75, 3.05) is 26.7 Å². The van der Waals surface area contributed by atoms with Crippen molar-refractivity contribution < 1.29 is 9.53 Å². The molecule has 2 aromatic rings. The highest BCUT2D eigenvalue weighted by molar-refractivity contribution is 5.77. The number of fused-ring (bicyclic) bond motifs is 2. The molecule has 0 aliphatic carbocycles. The number of carbonyl (C=O) groups excluding carboxylic acids is 1. The first-order valence-corrected chi connectivity index (χ1v) is 8.43. The second-order valence-electron chi connectivity index (χ2n) is 6.70. The number of carbonyl (C=O) groups is 1. The van der Waals surface area contributed by atoms with Crippen LogP contribution in [0.4, 0.5) is 4.79 Å². The Bertz CT molecular complexity index is 713. The number of nitrogens with zero attached hydrogens (tertiary/aromatic N) is 3. The Hall–Kier alpha value is -2.34. The van der Waals surface area contributed by atoms with Crippen molar-refractivity contribution in [1.29, 1.82) is 0 Å². The van der Waals surface area contributed by atoms with Crippen molar-refractivity contribution in [2.45, 2.75) is 18.9 Å². The maximum atomic E-state index is 12.4. The fourth-order valence-electron chi connectivity index (χ4n) is 3.77. The highest BCUT2D eigenvalue weighted by Crippen LogP contribution is 2.27. The molecular weight excluding hydrogens is 304 g/mol. The normalized spacial score (nSPS) is 25.5. The Balaban J connectivity index is 1.42. The first-order chi connectivity index (χ1) is 11.7. The molecule has 0 saturated carbocycles. The smallest absolute Gasteiger partial charge is 0.342 e. The van der Waals surface area contributed by atoms with Crippen molar-refractivity contribution in [3.63, 3.8) is 0 Å². The monoisotopic (exact) mass is 326 g/mol. The molecule has 2 fully saturated rings. The summed E-state index contributed by atoms with van der Waals surface area (Å²) in [6.45, 7) is 3.31. The van der Waals surface area contributed by atoms with E-state index in [1.54, 1.807) is 19.5 Å². The molecule has 2 saturated heterocycles. The lowest BCUT2D eigenvalue weighted by atomic mass is 9.97. The molecule has 3 heterocycles. The average molecular weight is 326 g/mol. The summed E-state index contributed by atoms with van der Waals surface area (Å²) in [6, 6.07) is 7.81. The SMILES string of the molecule is COc1ccc(-c2cnn(C(=O)NC3CC4CCN(C4)C3)c2)cc1. The van der Waals surface area contributed by atoms with Crippen molar-refractivity contribution >= 4 is 6.03 Å². The van der Waals surface area contributed by atoms with Crippen LogP contribution in [0.1, 0.15) is 12.8 Å². The van der Waals surface area contributed by atoms with Gasteiger partial charge in [-0.3, -0.25) is 0 Å². The zero-order valence-corrected chi connectivity index (χ0v) is 13.8. The van der Waals surface area contributed by atoms with Crippen LogP contribution >= 0.6 is 0 Å². The van der Waals surface area contributed by atoms with Gasteiger partial charge in [-0.2, -0.15) is 9.78 Å². The van der Waals surface area contributed by atoms with Gasteiger partial charge in [0, 0.05) is 30.9 Å². The number of hydrogen-bond acceptors (Lipinski definition) is 4. The van der Waals surface area contributed by atoms with Crippen LogP contribution in [-0.4, -0.2) is 53.5 Å². The molecule has 2 aliphatic rings. The summed E-state index contributed by atoms with van der Waals surface area (Å²) < 4.78 is 6.56. The van der Waals surface area contributed by atoms with Gasteiger partial charge in [0.25, 0.3) is 0 Å². The molecule has 126 valence electrons. The zero-order chi connectivity index (χ0) is 16.5. The maximum Gasteiger partial charge on any atom is 0.342 e. The molecule has 3 atom stereocenters. The second kappa shape index (κ2) is 6.28. The average Bonchev–Trinajstić information content (AvgIpc) is 3.22. The molecule has 2 bridgehead atoms. The summed E-state index contributed by atoms with van der Waals surface area (Å²) in [6.07, 6.45) is 5.83. The Kier molecular flexibility index (Phi) is 3.98. The summed E-state index contributed by atoms with van der Waals surface area (Å²) in [5, 5.41) is 7.33. The predicted molar refractivity (Wildman–Crippen MR) is 91.1 cm³/mol. The molecule has 1 N–H and O–H groups in total. The van der Waals surface area contributed by atoms with Crippen LogP contribution in [0, 0.1) is 5.92 Å². The minimum absolute atomic E-state index is 0.151. The van der Waals surface area contributed by atoms with Gasteiger partial charge in [-0.1, -0.05) is 12.1 Å². The Morgan fingerprint density at radius 2 is 2.08 bits per heavy atom. The van der Waals surface area contributed by atoms with Crippen molar-refractivity contribution in [1.82, 2.24) is 20.0 Å². The fourth-order valence-corrected chi connectivity index (χ4v) is 3.77. The van der Waals surface area contributed by atoms with Gasteiger partial charge in [-0.25, -0.2) is 4.79 Å². The van der Waals surface area contributed by atoms with E-state index in [1.807, 2.05) is 24.3 Å². The van der Waals surface area contributed by atoms with Crippen molar-refractivity contribution in [2.24, 2.45) is 5.92 Å². The third-order valence-electron chi connectivity index (χ3n) is 5.01. The Morgan fingerprint density at radius 3 is 2.83 bits per heavy atom. The molecule has 4 rings (SSSR count). The molecule has 0 radical (unpaired) electrons. The van der Waals surface area contributed by atoms with Gasteiger partial charge in [-0.05, 0) is 43.0 Å². The Morgan fingerprint density at radius 1 is 1.25 bits per heavy atom. The Labute approximate surface area is 141 Å². The van der Waals surface area contributed by atoms with Gasteiger partial charge >= 0.3 is 6.03 Å². The lowest BCUT2D eigenvalue weighted by Gasteiger charge is -2.30. The van der Waals surface area contributed by atoms with Crippen LogP contribution in [-0.2, 0) is 0 Å². The summed E-state index contributed by atoms with van der Waals surface area (Å²) >= 11 is 0. The number of ether oxygens (including phenoxy) is 1. The molecule has 6 nitrogen and oxygen atoms in total. The van der Waals surface area contributed by atoms with Crippen LogP contribution in [0.15, 0.2) is 36.7 Å². The number of methoxy groups -OCH3 is 1. The van der Waals surface area contributed by atoms with Gasteiger partial charge in [-0.15, -0.1) is 0 Å². The number of aromatic nitrogens is 2. The van der Waals surface area contributed by atoms with Crippen LogP contribution in [0.3, 0.4) is 0 Å². The summed E-state index contributed by atoms with van der Waals surface area (Å²) in [7, 11) is 1.64. The van der Waals surface area contributed by atoms with Gasteiger partial charge in [0.1, 0.15) is 5.75 Å². The van der Waals surface area contributed by atoms with E-state index in [-0.39, 0.29) is 12.1 Å². The van der Waals surface area contributed by atoms with Gasteiger partial charge < -0.3 is 15.0 Å². The lowest BCUT2D eigenvalue weighted by molar-refractivity contribution is 0.204. The van der Waals surface area contributed by atoms with E-state index in [0.717, 1.165) is 35.8 Å². The van der Waals surface area contributed by atoms with Crippen molar-refractivity contribution in [3.05, 3.63) is 36.7 Å². The quantitative estimate of drug-likeness (QED) is 0.939. The molecule has 1 amide bonds. The van der Waals surface area contributed by atoms with E-state index in [1.165, 1.54) is 24.2 Å². The summed E-state index contributed by atoms with van der Waals surface area (Å²) in [4.78, 5) is 14.9. The molecule has 0 spiro atoms. The molecule has 2 aliphatic heterocycles. The number of nitrogens with one attached hydrogen (secondary N) is 1. The van der Waals surface area contributed by atoms with Crippen LogP contribution < -0.4 is 10.1 Å². The van der Waals surface area contributed by atoms with E-state index in [4.69, 9.17) is 4.74 Å². The molecule has 6 heteroatoms. The molecule has 24 heavy (non-hydrogen) atoms. The predicted octanol–water partition coefficient (Wildman–Crippen LogP) is 2.21. The minimum Gasteiger partial charge on any atom is -0.497 e. The van der Waals surface area contributed by atoms with Gasteiger partial charge in [0.2, 0.25) is 0 Å². The van der Waals surface area contributed by atoms with Gasteiger partial charge in [0.05, 0.1) is 13.3 Å². The topological polar surface area (TPSA) is 59.4 Å².